The molecule has 3 nitrogen and oxygen atoms in total. The molecule has 0 radical (unpaired) electrons. The average molecular weight is 344 g/mol. The van der Waals surface area contributed by atoms with Gasteiger partial charge >= 0.3 is 0 Å². The molecule has 0 saturated carbocycles. The van der Waals surface area contributed by atoms with E-state index in [1.165, 1.54) is 17.5 Å². The van der Waals surface area contributed by atoms with Gasteiger partial charge < -0.3 is 10.2 Å². The smallest absolute Gasteiger partial charge is 0.228 e. The minimum atomic E-state index is 0.0175. The molecule has 26 heavy (non-hydrogen) atoms. The Labute approximate surface area is 154 Å². The third-order valence-electron chi connectivity index (χ3n) is 5.17. The molecule has 3 aromatic rings. The third kappa shape index (κ3) is 3.57. The van der Waals surface area contributed by atoms with Gasteiger partial charge in [0.1, 0.15) is 0 Å². The molecule has 1 aliphatic heterocycles. The zero-order valence-corrected chi connectivity index (χ0v) is 15.1. The predicted octanol–water partition coefficient (Wildman–Crippen LogP) is 4.87. The van der Waals surface area contributed by atoms with Crippen molar-refractivity contribution in [3.63, 3.8) is 0 Å². The second kappa shape index (κ2) is 7.20. The summed E-state index contributed by atoms with van der Waals surface area (Å²) in [5.41, 5.74) is 3.15. The van der Waals surface area contributed by atoms with Crippen molar-refractivity contribution in [2.75, 3.05) is 23.3 Å². The van der Waals surface area contributed by atoms with E-state index in [0.29, 0.717) is 6.42 Å². The van der Waals surface area contributed by atoms with E-state index in [4.69, 9.17) is 0 Å². The van der Waals surface area contributed by atoms with Gasteiger partial charge in [0.05, 0.1) is 6.42 Å². The number of anilines is 2. The van der Waals surface area contributed by atoms with Gasteiger partial charge in [0.2, 0.25) is 5.91 Å². The fourth-order valence-corrected chi connectivity index (χ4v) is 3.75. The van der Waals surface area contributed by atoms with Gasteiger partial charge in [-0.05, 0) is 52.9 Å². The van der Waals surface area contributed by atoms with E-state index in [1.807, 2.05) is 36.4 Å². The number of benzene rings is 3. The minimum absolute atomic E-state index is 0.0175. The number of rotatable bonds is 4. The first kappa shape index (κ1) is 16.6. The first-order valence-corrected chi connectivity index (χ1v) is 9.30. The molecule has 0 bridgehead atoms. The van der Waals surface area contributed by atoms with Crippen molar-refractivity contribution in [3.05, 3.63) is 72.3 Å². The molecule has 0 spiro atoms. The molecule has 1 saturated heterocycles. The molecule has 0 aromatic heterocycles. The second-order valence-electron chi connectivity index (χ2n) is 7.25. The van der Waals surface area contributed by atoms with Gasteiger partial charge in [-0.15, -0.1) is 0 Å². The zero-order valence-electron chi connectivity index (χ0n) is 15.1. The van der Waals surface area contributed by atoms with Gasteiger partial charge in [-0.2, -0.15) is 0 Å². The fraction of sp³-hybridized carbons (Fsp3) is 0.261. The van der Waals surface area contributed by atoms with Crippen molar-refractivity contribution >= 4 is 28.1 Å². The van der Waals surface area contributed by atoms with Gasteiger partial charge in [-0.25, -0.2) is 0 Å². The van der Waals surface area contributed by atoms with Crippen molar-refractivity contribution in [2.45, 2.75) is 19.8 Å². The van der Waals surface area contributed by atoms with Crippen LogP contribution in [-0.4, -0.2) is 19.0 Å². The van der Waals surface area contributed by atoms with Gasteiger partial charge in [-0.3, -0.25) is 4.79 Å². The van der Waals surface area contributed by atoms with E-state index in [9.17, 15) is 4.79 Å². The summed E-state index contributed by atoms with van der Waals surface area (Å²) in [6, 6.07) is 22.5. The molecule has 1 N–H and O–H groups in total. The zero-order chi connectivity index (χ0) is 17.9. The molecule has 0 aliphatic carbocycles. The molecule has 1 amide bonds. The van der Waals surface area contributed by atoms with E-state index in [0.717, 1.165) is 35.6 Å². The Bertz CT molecular complexity index is 912. The Kier molecular flexibility index (Phi) is 4.61. The molecule has 3 aromatic carbocycles. The topological polar surface area (TPSA) is 32.3 Å². The van der Waals surface area contributed by atoms with Gasteiger partial charge in [0.15, 0.2) is 0 Å². The molecule has 1 unspecified atom stereocenters. The largest absolute Gasteiger partial charge is 0.371 e. The van der Waals surface area contributed by atoms with Crippen molar-refractivity contribution in [1.82, 2.24) is 0 Å². The highest BCUT2D eigenvalue weighted by Crippen LogP contribution is 2.25. The molecule has 3 heteroatoms. The SMILES string of the molecule is CC1CCN(c2ccc(NC(=O)Cc3cccc4ccccc34)cc2)C1. The molecule has 4 rings (SSSR count). The maximum absolute atomic E-state index is 12.5. The van der Waals surface area contributed by atoms with Crippen LogP contribution in [0, 0.1) is 5.92 Å². The normalized spacial score (nSPS) is 16.8. The van der Waals surface area contributed by atoms with Crippen molar-refractivity contribution in [1.29, 1.82) is 0 Å². The van der Waals surface area contributed by atoms with E-state index >= 15 is 0 Å². The van der Waals surface area contributed by atoms with E-state index in [2.05, 4.69) is 47.5 Å². The van der Waals surface area contributed by atoms with Crippen LogP contribution >= 0.6 is 0 Å². The molecule has 132 valence electrons. The number of nitrogens with one attached hydrogen (secondary N) is 1. The quantitative estimate of drug-likeness (QED) is 0.732. The highest BCUT2D eigenvalue weighted by Gasteiger charge is 2.18. The summed E-state index contributed by atoms with van der Waals surface area (Å²) in [7, 11) is 0. The van der Waals surface area contributed by atoms with Crippen molar-refractivity contribution in [3.8, 4) is 0 Å². The van der Waals surface area contributed by atoms with E-state index < -0.39 is 0 Å². The number of carbonyl (C=O) groups is 1. The van der Waals surface area contributed by atoms with E-state index in [1.54, 1.807) is 0 Å². The lowest BCUT2D eigenvalue weighted by Gasteiger charge is -2.18. The number of amides is 1. The lowest BCUT2D eigenvalue weighted by molar-refractivity contribution is -0.115. The van der Waals surface area contributed by atoms with Crippen molar-refractivity contribution in [2.24, 2.45) is 5.92 Å². The Balaban J connectivity index is 1.43. The van der Waals surface area contributed by atoms with Crippen LogP contribution in [0.2, 0.25) is 0 Å². The van der Waals surface area contributed by atoms with Crippen LogP contribution in [0.4, 0.5) is 11.4 Å². The number of nitrogens with zero attached hydrogens (tertiary/aromatic N) is 1. The van der Waals surface area contributed by atoms with Crippen LogP contribution in [0.25, 0.3) is 10.8 Å². The summed E-state index contributed by atoms with van der Waals surface area (Å²) in [6.07, 6.45) is 1.64. The lowest BCUT2D eigenvalue weighted by atomic mass is 10.0. The van der Waals surface area contributed by atoms with Gasteiger partial charge in [-0.1, -0.05) is 49.4 Å². The maximum Gasteiger partial charge on any atom is 0.228 e. The van der Waals surface area contributed by atoms with Crippen molar-refractivity contribution < 1.29 is 4.79 Å². The monoisotopic (exact) mass is 344 g/mol. The standard InChI is InChI=1S/C23H24N2O/c1-17-13-14-25(16-17)21-11-9-20(10-12-21)24-23(26)15-19-7-4-6-18-5-2-3-8-22(18)19/h2-12,17H,13-16H2,1H3,(H,24,26). The molecule has 1 fully saturated rings. The molecule has 1 atom stereocenters. The van der Waals surface area contributed by atoms with Crippen LogP contribution in [-0.2, 0) is 11.2 Å². The summed E-state index contributed by atoms with van der Waals surface area (Å²) in [4.78, 5) is 14.9. The van der Waals surface area contributed by atoms with Gasteiger partial charge in [0.25, 0.3) is 0 Å². The number of carbonyl (C=O) groups excluding carboxylic acids is 1. The Hall–Kier alpha value is -2.81. The summed E-state index contributed by atoms with van der Waals surface area (Å²) in [5.74, 6) is 0.777. The first-order chi connectivity index (χ1) is 12.7. The van der Waals surface area contributed by atoms with Gasteiger partial charge in [0, 0.05) is 24.5 Å². The number of hydrogen-bond donors (Lipinski definition) is 1. The lowest BCUT2D eigenvalue weighted by Crippen LogP contribution is -2.19. The highest BCUT2D eigenvalue weighted by molar-refractivity contribution is 5.96. The first-order valence-electron chi connectivity index (χ1n) is 9.30. The molecular formula is C23H24N2O. The minimum Gasteiger partial charge on any atom is -0.371 e. The summed E-state index contributed by atoms with van der Waals surface area (Å²) in [5, 5.41) is 5.34. The summed E-state index contributed by atoms with van der Waals surface area (Å²) < 4.78 is 0. The molecular weight excluding hydrogens is 320 g/mol. The second-order valence-corrected chi connectivity index (χ2v) is 7.25. The molecule has 1 heterocycles. The third-order valence-corrected chi connectivity index (χ3v) is 5.17. The average Bonchev–Trinajstić information content (AvgIpc) is 3.09. The summed E-state index contributed by atoms with van der Waals surface area (Å²) in [6.45, 7) is 4.53. The Morgan fingerprint density at radius 2 is 1.81 bits per heavy atom. The van der Waals surface area contributed by atoms with Crippen LogP contribution in [0.5, 0.6) is 0 Å². The highest BCUT2D eigenvalue weighted by atomic mass is 16.1. The molecule has 1 aliphatic rings. The van der Waals surface area contributed by atoms with Crippen LogP contribution in [0.15, 0.2) is 66.7 Å². The Morgan fingerprint density at radius 1 is 1.04 bits per heavy atom. The predicted molar refractivity (Wildman–Crippen MR) is 109 cm³/mol. The van der Waals surface area contributed by atoms with Crippen LogP contribution in [0.1, 0.15) is 18.9 Å². The van der Waals surface area contributed by atoms with E-state index in [-0.39, 0.29) is 5.91 Å². The van der Waals surface area contributed by atoms with Crippen LogP contribution in [0.3, 0.4) is 0 Å². The fourth-order valence-electron chi connectivity index (χ4n) is 3.75. The Morgan fingerprint density at radius 3 is 2.58 bits per heavy atom. The number of hydrogen-bond acceptors (Lipinski definition) is 2. The van der Waals surface area contributed by atoms with Crippen LogP contribution < -0.4 is 10.2 Å². The summed E-state index contributed by atoms with van der Waals surface area (Å²) >= 11 is 0. The maximum atomic E-state index is 12.5. The number of fused-ring (bicyclic) bond motifs is 1.